The van der Waals surface area contributed by atoms with Gasteiger partial charge in [0, 0.05) is 16.4 Å². The van der Waals surface area contributed by atoms with Gasteiger partial charge in [0.05, 0.1) is 0 Å². The van der Waals surface area contributed by atoms with Crippen molar-refractivity contribution >= 4 is 21.6 Å². The fourth-order valence-corrected chi connectivity index (χ4v) is 1.37. The standard InChI is InChI=1S/C11H12BrN/c1-3-7-13-9(2)10-5-4-6-11(12)8-10/h3-8H,1-2H3/b7-3+,13-9?. The maximum absolute atomic E-state index is 4.27. The van der Waals surface area contributed by atoms with Crippen molar-refractivity contribution < 1.29 is 0 Å². The molecule has 0 radical (unpaired) electrons. The average molecular weight is 238 g/mol. The van der Waals surface area contributed by atoms with Crippen LogP contribution in [0.1, 0.15) is 19.4 Å². The van der Waals surface area contributed by atoms with Gasteiger partial charge in [0.25, 0.3) is 0 Å². The molecule has 0 fully saturated rings. The van der Waals surface area contributed by atoms with Crippen molar-refractivity contribution in [2.45, 2.75) is 13.8 Å². The number of hydrogen-bond donors (Lipinski definition) is 0. The van der Waals surface area contributed by atoms with E-state index in [1.807, 2.05) is 38.1 Å². The van der Waals surface area contributed by atoms with E-state index >= 15 is 0 Å². The summed E-state index contributed by atoms with van der Waals surface area (Å²) in [4.78, 5) is 4.27. The van der Waals surface area contributed by atoms with Gasteiger partial charge in [-0.15, -0.1) is 0 Å². The first kappa shape index (κ1) is 10.2. The Labute approximate surface area is 87.3 Å². The maximum atomic E-state index is 4.27. The van der Waals surface area contributed by atoms with Crippen LogP contribution in [0.15, 0.2) is 46.0 Å². The van der Waals surface area contributed by atoms with Crippen molar-refractivity contribution in [3.8, 4) is 0 Å². The van der Waals surface area contributed by atoms with Gasteiger partial charge < -0.3 is 0 Å². The van der Waals surface area contributed by atoms with Gasteiger partial charge in [-0.05, 0) is 31.5 Å². The molecule has 0 unspecified atom stereocenters. The molecule has 68 valence electrons. The summed E-state index contributed by atoms with van der Waals surface area (Å²) in [6.45, 7) is 3.96. The third kappa shape index (κ3) is 3.15. The van der Waals surface area contributed by atoms with Crippen LogP contribution in [0.2, 0.25) is 0 Å². The van der Waals surface area contributed by atoms with E-state index in [9.17, 15) is 0 Å². The molecule has 1 aromatic rings. The number of aliphatic imine (C=N–C) groups is 1. The Kier molecular flexibility index (Phi) is 3.90. The first-order valence-electron chi connectivity index (χ1n) is 4.15. The van der Waals surface area contributed by atoms with Gasteiger partial charge in [0.1, 0.15) is 0 Å². The molecule has 0 atom stereocenters. The number of rotatable bonds is 2. The molecule has 0 saturated carbocycles. The first-order valence-corrected chi connectivity index (χ1v) is 4.95. The highest BCUT2D eigenvalue weighted by Crippen LogP contribution is 2.12. The van der Waals surface area contributed by atoms with Crippen LogP contribution in [0.25, 0.3) is 0 Å². The summed E-state index contributed by atoms with van der Waals surface area (Å²) in [6, 6.07) is 8.12. The largest absolute Gasteiger partial charge is 0.261 e. The molecule has 0 bridgehead atoms. The maximum Gasteiger partial charge on any atom is 0.0445 e. The highest BCUT2D eigenvalue weighted by Gasteiger charge is 1.95. The second kappa shape index (κ2) is 4.97. The van der Waals surface area contributed by atoms with E-state index in [0.717, 1.165) is 15.7 Å². The zero-order chi connectivity index (χ0) is 9.68. The fraction of sp³-hybridized carbons (Fsp3) is 0.182. The Morgan fingerprint density at radius 2 is 2.23 bits per heavy atom. The highest BCUT2D eigenvalue weighted by atomic mass is 79.9. The van der Waals surface area contributed by atoms with Crippen LogP contribution < -0.4 is 0 Å². The molecule has 0 aliphatic carbocycles. The number of halogens is 1. The lowest BCUT2D eigenvalue weighted by atomic mass is 10.1. The van der Waals surface area contributed by atoms with E-state index < -0.39 is 0 Å². The van der Waals surface area contributed by atoms with Crippen molar-refractivity contribution in [3.63, 3.8) is 0 Å². The Morgan fingerprint density at radius 1 is 1.46 bits per heavy atom. The number of nitrogens with zero attached hydrogens (tertiary/aromatic N) is 1. The predicted octanol–water partition coefficient (Wildman–Crippen LogP) is 3.79. The normalized spacial score (nSPS) is 12.4. The molecule has 0 aliphatic heterocycles. The number of hydrogen-bond acceptors (Lipinski definition) is 1. The smallest absolute Gasteiger partial charge is 0.0445 e. The van der Waals surface area contributed by atoms with Crippen LogP contribution in [-0.4, -0.2) is 5.71 Å². The Bertz CT molecular complexity index is 340. The van der Waals surface area contributed by atoms with Gasteiger partial charge >= 0.3 is 0 Å². The zero-order valence-electron chi connectivity index (χ0n) is 7.79. The molecule has 13 heavy (non-hydrogen) atoms. The van der Waals surface area contributed by atoms with Gasteiger partial charge in [-0.1, -0.05) is 34.1 Å². The summed E-state index contributed by atoms with van der Waals surface area (Å²) >= 11 is 3.43. The zero-order valence-corrected chi connectivity index (χ0v) is 9.38. The van der Waals surface area contributed by atoms with Gasteiger partial charge in [0.2, 0.25) is 0 Å². The van der Waals surface area contributed by atoms with Crippen LogP contribution in [-0.2, 0) is 0 Å². The minimum atomic E-state index is 1.03. The topological polar surface area (TPSA) is 12.4 Å². The summed E-state index contributed by atoms with van der Waals surface area (Å²) in [5, 5.41) is 0. The molecule has 0 spiro atoms. The van der Waals surface area contributed by atoms with Crippen LogP contribution in [0.3, 0.4) is 0 Å². The minimum Gasteiger partial charge on any atom is -0.261 e. The molecule has 0 aliphatic rings. The van der Waals surface area contributed by atoms with Gasteiger partial charge in [-0.25, -0.2) is 0 Å². The Balaban J connectivity index is 2.94. The monoisotopic (exact) mass is 237 g/mol. The molecule has 1 nitrogen and oxygen atoms in total. The van der Waals surface area contributed by atoms with Crippen molar-refractivity contribution in [1.29, 1.82) is 0 Å². The lowest BCUT2D eigenvalue weighted by molar-refractivity contribution is 1.47. The van der Waals surface area contributed by atoms with E-state index in [2.05, 4.69) is 27.0 Å². The van der Waals surface area contributed by atoms with Gasteiger partial charge in [-0.3, -0.25) is 4.99 Å². The second-order valence-electron chi connectivity index (χ2n) is 2.71. The fourth-order valence-electron chi connectivity index (χ4n) is 0.974. The lowest BCUT2D eigenvalue weighted by Gasteiger charge is -1.99. The molecule has 0 saturated heterocycles. The van der Waals surface area contributed by atoms with Crippen molar-refractivity contribution in [2.24, 2.45) is 4.99 Å². The Hall–Kier alpha value is -0.890. The summed E-state index contributed by atoms with van der Waals surface area (Å²) < 4.78 is 1.08. The summed E-state index contributed by atoms with van der Waals surface area (Å²) in [7, 11) is 0. The van der Waals surface area contributed by atoms with Gasteiger partial charge in [0.15, 0.2) is 0 Å². The van der Waals surface area contributed by atoms with Crippen LogP contribution in [0, 0.1) is 0 Å². The number of allylic oxidation sites excluding steroid dienone is 1. The molecule has 2 heteroatoms. The predicted molar refractivity (Wildman–Crippen MR) is 61.2 cm³/mol. The molecular weight excluding hydrogens is 226 g/mol. The summed E-state index contributed by atoms with van der Waals surface area (Å²) in [6.07, 6.45) is 3.72. The Morgan fingerprint density at radius 3 is 2.85 bits per heavy atom. The summed E-state index contributed by atoms with van der Waals surface area (Å²) in [5.74, 6) is 0. The SMILES string of the molecule is C/C=C/N=C(C)c1cccc(Br)c1. The van der Waals surface area contributed by atoms with Crippen LogP contribution >= 0.6 is 15.9 Å². The molecule has 0 aromatic heterocycles. The minimum absolute atomic E-state index is 1.03. The van der Waals surface area contributed by atoms with E-state index in [-0.39, 0.29) is 0 Å². The van der Waals surface area contributed by atoms with Crippen LogP contribution in [0.5, 0.6) is 0 Å². The second-order valence-corrected chi connectivity index (χ2v) is 3.62. The van der Waals surface area contributed by atoms with Crippen molar-refractivity contribution in [3.05, 3.63) is 46.6 Å². The molecule has 0 N–H and O–H groups in total. The third-order valence-electron chi connectivity index (χ3n) is 1.66. The molecule has 0 amide bonds. The average Bonchev–Trinajstić information content (AvgIpc) is 2.14. The summed E-state index contributed by atoms with van der Waals surface area (Å²) in [5.41, 5.74) is 2.17. The molecule has 1 aromatic carbocycles. The van der Waals surface area contributed by atoms with Crippen molar-refractivity contribution in [1.82, 2.24) is 0 Å². The van der Waals surface area contributed by atoms with E-state index in [0.29, 0.717) is 0 Å². The van der Waals surface area contributed by atoms with Gasteiger partial charge in [-0.2, -0.15) is 0 Å². The lowest BCUT2D eigenvalue weighted by Crippen LogP contribution is -1.92. The van der Waals surface area contributed by atoms with E-state index in [1.165, 1.54) is 0 Å². The van der Waals surface area contributed by atoms with Crippen molar-refractivity contribution in [2.75, 3.05) is 0 Å². The molecule has 1 rings (SSSR count). The highest BCUT2D eigenvalue weighted by molar-refractivity contribution is 9.10. The quantitative estimate of drug-likeness (QED) is 0.695. The van der Waals surface area contributed by atoms with E-state index in [4.69, 9.17) is 0 Å². The molecular formula is C11H12BrN. The van der Waals surface area contributed by atoms with E-state index in [1.54, 1.807) is 6.20 Å². The number of benzene rings is 1. The first-order chi connectivity index (χ1) is 6.24. The molecule has 0 heterocycles. The third-order valence-corrected chi connectivity index (χ3v) is 2.15. The van der Waals surface area contributed by atoms with Crippen LogP contribution in [0.4, 0.5) is 0 Å².